The fraction of sp³-hybridized carbons (Fsp3) is 0.278. The van der Waals surface area contributed by atoms with Gasteiger partial charge in [0.15, 0.2) is 0 Å². The molecule has 0 aliphatic heterocycles. The van der Waals surface area contributed by atoms with Crippen LogP contribution in [0.5, 0.6) is 5.75 Å². The number of nitriles is 1. The Morgan fingerprint density at radius 2 is 1.61 bits per heavy atom. The molecule has 0 aliphatic carbocycles. The number of hydrogen-bond acceptors (Lipinski definition) is 3. The van der Waals surface area contributed by atoms with E-state index in [1.807, 2.05) is 0 Å². The molecule has 0 radical (unpaired) electrons. The number of benzene rings is 2. The maximum Gasteiger partial charge on any atom is 0.417 e. The monoisotopic (exact) mass is 406 g/mol. The molecule has 0 bridgehead atoms. The lowest BCUT2D eigenvalue weighted by molar-refractivity contribution is -0.137. The third-order valence-corrected chi connectivity index (χ3v) is 3.61. The van der Waals surface area contributed by atoms with Crippen LogP contribution in [0.2, 0.25) is 0 Å². The number of ether oxygens (including phenoxy) is 1. The summed E-state index contributed by atoms with van der Waals surface area (Å²) >= 11 is 0. The summed E-state index contributed by atoms with van der Waals surface area (Å²) in [5, 5.41) is 8.79. The number of rotatable bonds is 6. The van der Waals surface area contributed by atoms with E-state index in [-0.39, 0.29) is 24.6 Å². The highest BCUT2D eigenvalue weighted by Gasteiger charge is 2.36. The van der Waals surface area contributed by atoms with E-state index in [1.54, 1.807) is 0 Å². The standard InChI is InChI=1S/C18H13F7N2O/c19-13-2-5-15(6-3-13)28-8-7-27(11-17(20,21)22)14-4-1-12(10-26)16(9-14)18(23,24)25/h1-6,9H,7-8,11H2. The summed E-state index contributed by atoms with van der Waals surface area (Å²) in [6.07, 6.45) is -9.57. The third kappa shape index (κ3) is 6.04. The number of halogens is 7. The van der Waals surface area contributed by atoms with E-state index < -0.39 is 35.8 Å². The second kappa shape index (κ2) is 8.37. The van der Waals surface area contributed by atoms with E-state index in [0.717, 1.165) is 24.3 Å². The van der Waals surface area contributed by atoms with Crippen LogP contribution in [0.1, 0.15) is 11.1 Å². The highest BCUT2D eigenvalue weighted by Crippen LogP contribution is 2.35. The molecule has 0 aromatic heterocycles. The van der Waals surface area contributed by atoms with Gasteiger partial charge in [0.1, 0.15) is 24.7 Å². The van der Waals surface area contributed by atoms with Crippen molar-refractivity contribution in [2.24, 2.45) is 0 Å². The zero-order chi connectivity index (χ0) is 20.9. The highest BCUT2D eigenvalue weighted by atomic mass is 19.4. The van der Waals surface area contributed by atoms with E-state index in [2.05, 4.69) is 0 Å². The van der Waals surface area contributed by atoms with Crippen LogP contribution in [-0.2, 0) is 6.18 Å². The van der Waals surface area contributed by atoms with Crippen LogP contribution in [0.25, 0.3) is 0 Å². The molecule has 0 spiro atoms. The summed E-state index contributed by atoms with van der Waals surface area (Å²) in [5.41, 5.74) is -2.36. The van der Waals surface area contributed by atoms with Gasteiger partial charge in [-0.1, -0.05) is 0 Å². The molecule has 28 heavy (non-hydrogen) atoms. The Balaban J connectivity index is 2.23. The highest BCUT2D eigenvalue weighted by molar-refractivity contribution is 5.55. The van der Waals surface area contributed by atoms with E-state index in [4.69, 9.17) is 10.00 Å². The van der Waals surface area contributed by atoms with Gasteiger partial charge in [-0.05, 0) is 42.5 Å². The average Bonchev–Trinajstić information content (AvgIpc) is 2.60. The zero-order valence-corrected chi connectivity index (χ0v) is 14.1. The molecule has 0 unspecified atom stereocenters. The molecule has 0 aliphatic rings. The number of anilines is 1. The summed E-state index contributed by atoms with van der Waals surface area (Å²) in [7, 11) is 0. The molecular formula is C18H13F7N2O. The van der Waals surface area contributed by atoms with Crippen molar-refractivity contribution in [1.82, 2.24) is 0 Å². The van der Waals surface area contributed by atoms with Gasteiger partial charge in [0, 0.05) is 5.69 Å². The van der Waals surface area contributed by atoms with Crippen molar-refractivity contribution >= 4 is 5.69 Å². The van der Waals surface area contributed by atoms with Crippen LogP contribution in [-0.4, -0.2) is 25.9 Å². The predicted octanol–water partition coefficient (Wildman–Crippen LogP) is 5.16. The largest absolute Gasteiger partial charge is 0.492 e. The molecule has 150 valence electrons. The Bertz CT molecular complexity index is 839. The summed E-state index contributed by atoms with van der Waals surface area (Å²) in [6.45, 7) is -2.19. The maximum absolute atomic E-state index is 13.1. The van der Waals surface area contributed by atoms with E-state index in [0.29, 0.717) is 11.0 Å². The molecule has 2 aromatic rings. The first kappa shape index (κ1) is 21.3. The molecule has 0 N–H and O–H groups in total. The second-order valence-corrected chi connectivity index (χ2v) is 5.68. The molecule has 0 amide bonds. The first-order valence-electron chi connectivity index (χ1n) is 7.81. The van der Waals surface area contributed by atoms with E-state index in [9.17, 15) is 30.7 Å². The Labute approximate surface area is 155 Å². The van der Waals surface area contributed by atoms with Crippen molar-refractivity contribution in [3.63, 3.8) is 0 Å². The van der Waals surface area contributed by atoms with Gasteiger partial charge >= 0.3 is 12.4 Å². The first-order valence-corrected chi connectivity index (χ1v) is 7.81. The molecule has 0 saturated heterocycles. The summed E-state index contributed by atoms with van der Waals surface area (Å²) in [4.78, 5) is 0.667. The predicted molar refractivity (Wildman–Crippen MR) is 86.3 cm³/mol. The van der Waals surface area contributed by atoms with Gasteiger partial charge in [-0.25, -0.2) is 4.39 Å². The molecule has 0 atom stereocenters. The average molecular weight is 406 g/mol. The van der Waals surface area contributed by atoms with Gasteiger partial charge in [0.25, 0.3) is 0 Å². The normalized spacial score (nSPS) is 11.8. The first-order chi connectivity index (χ1) is 13.0. The Hall–Kier alpha value is -2.96. The second-order valence-electron chi connectivity index (χ2n) is 5.68. The molecule has 0 heterocycles. The van der Waals surface area contributed by atoms with Crippen LogP contribution >= 0.6 is 0 Å². The van der Waals surface area contributed by atoms with Gasteiger partial charge in [0.2, 0.25) is 0 Å². The summed E-state index contributed by atoms with van der Waals surface area (Å²) in [5.74, 6) is -0.326. The minimum atomic E-state index is -4.89. The van der Waals surface area contributed by atoms with Crippen molar-refractivity contribution in [3.8, 4) is 11.8 Å². The topological polar surface area (TPSA) is 36.3 Å². The van der Waals surface area contributed by atoms with Crippen molar-refractivity contribution in [3.05, 3.63) is 59.4 Å². The molecule has 3 nitrogen and oxygen atoms in total. The van der Waals surface area contributed by atoms with E-state index >= 15 is 0 Å². The zero-order valence-electron chi connectivity index (χ0n) is 14.1. The van der Waals surface area contributed by atoms with Crippen LogP contribution < -0.4 is 9.64 Å². The summed E-state index contributed by atoms with van der Waals surface area (Å²) < 4.78 is 95.9. The molecule has 10 heteroatoms. The number of alkyl halides is 6. The van der Waals surface area contributed by atoms with Crippen molar-refractivity contribution in [1.29, 1.82) is 5.26 Å². The van der Waals surface area contributed by atoms with Crippen molar-refractivity contribution < 1.29 is 35.5 Å². The van der Waals surface area contributed by atoms with Crippen LogP contribution in [0.3, 0.4) is 0 Å². The van der Waals surface area contributed by atoms with Gasteiger partial charge in [0.05, 0.1) is 23.7 Å². The minimum absolute atomic E-state index is 0.198. The van der Waals surface area contributed by atoms with Gasteiger partial charge in [-0.2, -0.15) is 31.6 Å². The van der Waals surface area contributed by atoms with Gasteiger partial charge in [-0.15, -0.1) is 0 Å². The lowest BCUT2D eigenvalue weighted by atomic mass is 10.1. The molecular weight excluding hydrogens is 393 g/mol. The van der Waals surface area contributed by atoms with Crippen LogP contribution in [0.15, 0.2) is 42.5 Å². The van der Waals surface area contributed by atoms with Crippen molar-refractivity contribution in [2.75, 3.05) is 24.6 Å². The van der Waals surface area contributed by atoms with Crippen LogP contribution in [0.4, 0.5) is 36.4 Å². The molecule has 0 saturated carbocycles. The third-order valence-electron chi connectivity index (χ3n) is 3.61. The smallest absolute Gasteiger partial charge is 0.417 e. The quantitative estimate of drug-likeness (QED) is 0.622. The Kier molecular flexibility index (Phi) is 6.38. The molecule has 0 fully saturated rings. The Morgan fingerprint density at radius 3 is 2.14 bits per heavy atom. The minimum Gasteiger partial charge on any atom is -0.492 e. The lowest BCUT2D eigenvalue weighted by Gasteiger charge is -2.27. The van der Waals surface area contributed by atoms with Crippen molar-refractivity contribution in [2.45, 2.75) is 12.4 Å². The van der Waals surface area contributed by atoms with Crippen LogP contribution in [0, 0.1) is 17.1 Å². The maximum atomic E-state index is 13.1. The summed E-state index contributed by atoms with van der Waals surface area (Å²) in [6, 6.07) is 8.44. The van der Waals surface area contributed by atoms with Gasteiger partial charge in [-0.3, -0.25) is 0 Å². The Morgan fingerprint density at radius 1 is 0.964 bits per heavy atom. The molecule has 2 aromatic carbocycles. The number of nitrogens with zero attached hydrogens (tertiary/aromatic N) is 2. The van der Waals surface area contributed by atoms with Gasteiger partial charge < -0.3 is 9.64 Å². The number of hydrogen-bond donors (Lipinski definition) is 0. The van der Waals surface area contributed by atoms with E-state index in [1.165, 1.54) is 18.2 Å². The molecule has 2 rings (SSSR count). The SMILES string of the molecule is N#Cc1ccc(N(CCOc2ccc(F)cc2)CC(F)(F)F)cc1C(F)(F)F. The fourth-order valence-electron chi connectivity index (χ4n) is 2.38. The fourth-order valence-corrected chi connectivity index (χ4v) is 2.38. The lowest BCUT2D eigenvalue weighted by Crippen LogP contribution is -2.37.